The highest BCUT2D eigenvalue weighted by Crippen LogP contribution is 2.19. The van der Waals surface area contributed by atoms with Crippen LogP contribution in [-0.4, -0.2) is 5.91 Å². The quantitative estimate of drug-likeness (QED) is 0.725. The van der Waals surface area contributed by atoms with Crippen LogP contribution in [0.4, 0.5) is 21.5 Å². The standard InChI is InChI=1S/C14H14FN3O/c1-8-4-10(15)2-3-13(8)18-14(19)9-5-11(16)7-12(17)6-9/h2-7H,16-17H2,1H3,(H,18,19). The molecule has 1 amide bonds. The van der Waals surface area contributed by atoms with Crippen LogP contribution >= 0.6 is 0 Å². The van der Waals surface area contributed by atoms with E-state index in [-0.39, 0.29) is 11.7 Å². The number of nitrogen functional groups attached to an aromatic ring is 2. The van der Waals surface area contributed by atoms with Crippen LogP contribution in [-0.2, 0) is 0 Å². The molecule has 5 N–H and O–H groups in total. The molecule has 0 spiro atoms. The maximum atomic E-state index is 13.0. The highest BCUT2D eigenvalue weighted by Gasteiger charge is 2.09. The Labute approximate surface area is 110 Å². The van der Waals surface area contributed by atoms with Gasteiger partial charge in [-0.2, -0.15) is 0 Å². The zero-order valence-electron chi connectivity index (χ0n) is 10.4. The molecule has 0 atom stereocenters. The molecular weight excluding hydrogens is 245 g/mol. The lowest BCUT2D eigenvalue weighted by Crippen LogP contribution is -2.13. The second kappa shape index (κ2) is 4.97. The molecule has 0 aliphatic rings. The number of carbonyl (C=O) groups excluding carboxylic acids is 1. The van der Waals surface area contributed by atoms with E-state index >= 15 is 0 Å². The first-order chi connectivity index (χ1) is 8.95. The third kappa shape index (κ3) is 3.01. The Kier molecular flexibility index (Phi) is 3.37. The summed E-state index contributed by atoms with van der Waals surface area (Å²) in [6, 6.07) is 8.78. The lowest BCUT2D eigenvalue weighted by Gasteiger charge is -2.09. The summed E-state index contributed by atoms with van der Waals surface area (Å²) in [4.78, 5) is 12.0. The van der Waals surface area contributed by atoms with Crippen molar-refractivity contribution < 1.29 is 9.18 Å². The number of halogens is 1. The molecule has 19 heavy (non-hydrogen) atoms. The van der Waals surface area contributed by atoms with E-state index in [2.05, 4.69) is 5.32 Å². The van der Waals surface area contributed by atoms with Crippen LogP contribution in [0.5, 0.6) is 0 Å². The Hall–Kier alpha value is -2.56. The fourth-order valence-corrected chi connectivity index (χ4v) is 1.77. The molecule has 2 aromatic carbocycles. The third-order valence-electron chi connectivity index (χ3n) is 2.68. The van der Waals surface area contributed by atoms with Crippen LogP contribution in [0, 0.1) is 12.7 Å². The van der Waals surface area contributed by atoms with Gasteiger partial charge in [-0.05, 0) is 48.9 Å². The van der Waals surface area contributed by atoms with Crippen molar-refractivity contribution in [3.05, 3.63) is 53.3 Å². The Morgan fingerprint density at radius 2 is 1.74 bits per heavy atom. The van der Waals surface area contributed by atoms with Gasteiger partial charge in [0.05, 0.1) is 0 Å². The lowest BCUT2D eigenvalue weighted by atomic mass is 10.1. The summed E-state index contributed by atoms with van der Waals surface area (Å²) in [7, 11) is 0. The van der Waals surface area contributed by atoms with Crippen molar-refractivity contribution in [2.45, 2.75) is 6.92 Å². The number of nitrogens with two attached hydrogens (primary N) is 2. The van der Waals surface area contributed by atoms with Crippen LogP contribution in [0.2, 0.25) is 0 Å². The fraction of sp³-hybridized carbons (Fsp3) is 0.0714. The molecule has 5 heteroatoms. The first-order valence-corrected chi connectivity index (χ1v) is 5.69. The number of hydrogen-bond donors (Lipinski definition) is 3. The van der Waals surface area contributed by atoms with Gasteiger partial charge in [0.15, 0.2) is 0 Å². The van der Waals surface area contributed by atoms with E-state index in [1.165, 1.54) is 30.3 Å². The summed E-state index contributed by atoms with van der Waals surface area (Å²) >= 11 is 0. The maximum Gasteiger partial charge on any atom is 0.255 e. The van der Waals surface area contributed by atoms with Gasteiger partial charge in [-0.3, -0.25) is 4.79 Å². The minimum absolute atomic E-state index is 0.339. The molecule has 0 aliphatic carbocycles. The minimum atomic E-state index is -0.344. The molecule has 4 nitrogen and oxygen atoms in total. The predicted octanol–water partition coefficient (Wildman–Crippen LogP) is 2.55. The Bertz CT molecular complexity index is 620. The Balaban J connectivity index is 2.25. The van der Waals surface area contributed by atoms with Crippen molar-refractivity contribution >= 4 is 23.0 Å². The minimum Gasteiger partial charge on any atom is -0.399 e. The number of hydrogen-bond acceptors (Lipinski definition) is 3. The van der Waals surface area contributed by atoms with E-state index in [9.17, 15) is 9.18 Å². The summed E-state index contributed by atoms with van der Waals surface area (Å²) in [5.41, 5.74) is 13.7. The molecule has 2 aromatic rings. The van der Waals surface area contributed by atoms with Crippen molar-refractivity contribution in [3.63, 3.8) is 0 Å². The summed E-state index contributed by atoms with van der Waals surface area (Å²) < 4.78 is 13.0. The smallest absolute Gasteiger partial charge is 0.255 e. The zero-order valence-corrected chi connectivity index (χ0v) is 10.4. The number of aryl methyl sites for hydroxylation is 1. The van der Waals surface area contributed by atoms with E-state index in [4.69, 9.17) is 11.5 Å². The molecule has 0 unspecified atom stereocenters. The van der Waals surface area contributed by atoms with Crippen molar-refractivity contribution in [3.8, 4) is 0 Å². The van der Waals surface area contributed by atoms with Gasteiger partial charge in [0, 0.05) is 22.6 Å². The Morgan fingerprint density at radius 1 is 1.11 bits per heavy atom. The van der Waals surface area contributed by atoms with E-state index in [0.29, 0.717) is 28.2 Å². The highest BCUT2D eigenvalue weighted by atomic mass is 19.1. The number of rotatable bonds is 2. The fourth-order valence-electron chi connectivity index (χ4n) is 1.77. The summed E-state index contributed by atoms with van der Waals surface area (Å²) in [6.45, 7) is 1.71. The molecule has 0 fully saturated rings. The van der Waals surface area contributed by atoms with E-state index in [1.807, 2.05) is 0 Å². The number of anilines is 3. The SMILES string of the molecule is Cc1cc(F)ccc1NC(=O)c1cc(N)cc(N)c1. The van der Waals surface area contributed by atoms with E-state index in [0.717, 1.165) is 0 Å². The van der Waals surface area contributed by atoms with Crippen molar-refractivity contribution in [1.82, 2.24) is 0 Å². The molecule has 0 aromatic heterocycles. The number of benzene rings is 2. The average molecular weight is 259 g/mol. The molecular formula is C14H14FN3O. The van der Waals surface area contributed by atoms with Crippen LogP contribution in [0.25, 0.3) is 0 Å². The van der Waals surface area contributed by atoms with Gasteiger partial charge in [0.1, 0.15) is 5.82 Å². The average Bonchev–Trinajstić information content (AvgIpc) is 2.31. The van der Waals surface area contributed by atoms with Crippen LogP contribution in [0.15, 0.2) is 36.4 Å². The summed E-state index contributed by atoms with van der Waals surface area (Å²) in [5, 5.41) is 2.69. The summed E-state index contributed by atoms with van der Waals surface area (Å²) in [6.07, 6.45) is 0. The van der Waals surface area contributed by atoms with Crippen LogP contribution in [0.1, 0.15) is 15.9 Å². The zero-order chi connectivity index (χ0) is 14.0. The predicted molar refractivity (Wildman–Crippen MR) is 74.4 cm³/mol. The van der Waals surface area contributed by atoms with Gasteiger partial charge in [0.2, 0.25) is 0 Å². The van der Waals surface area contributed by atoms with Crippen molar-refractivity contribution in [2.75, 3.05) is 16.8 Å². The number of amides is 1. The normalized spacial score (nSPS) is 10.2. The Morgan fingerprint density at radius 3 is 2.32 bits per heavy atom. The summed E-state index contributed by atoms with van der Waals surface area (Å²) in [5.74, 6) is -0.683. The molecule has 0 heterocycles. The molecule has 0 radical (unpaired) electrons. The lowest BCUT2D eigenvalue weighted by molar-refractivity contribution is 0.102. The molecule has 2 rings (SSSR count). The first-order valence-electron chi connectivity index (χ1n) is 5.69. The monoisotopic (exact) mass is 259 g/mol. The van der Waals surface area contributed by atoms with Crippen molar-refractivity contribution in [1.29, 1.82) is 0 Å². The van der Waals surface area contributed by atoms with E-state index < -0.39 is 0 Å². The first kappa shape index (κ1) is 12.9. The molecule has 0 saturated heterocycles. The third-order valence-corrected chi connectivity index (χ3v) is 2.68. The van der Waals surface area contributed by atoms with Gasteiger partial charge in [-0.25, -0.2) is 4.39 Å². The molecule has 0 saturated carbocycles. The van der Waals surface area contributed by atoms with Gasteiger partial charge >= 0.3 is 0 Å². The second-order valence-electron chi connectivity index (χ2n) is 4.30. The molecule has 0 aliphatic heterocycles. The van der Waals surface area contributed by atoms with Gasteiger partial charge < -0.3 is 16.8 Å². The van der Waals surface area contributed by atoms with Crippen LogP contribution < -0.4 is 16.8 Å². The van der Waals surface area contributed by atoms with Gasteiger partial charge in [-0.15, -0.1) is 0 Å². The number of nitrogens with one attached hydrogen (secondary N) is 1. The maximum absolute atomic E-state index is 13.0. The highest BCUT2D eigenvalue weighted by molar-refractivity contribution is 6.05. The topological polar surface area (TPSA) is 81.1 Å². The van der Waals surface area contributed by atoms with E-state index in [1.54, 1.807) is 13.0 Å². The molecule has 98 valence electrons. The number of carbonyl (C=O) groups is 1. The van der Waals surface area contributed by atoms with Gasteiger partial charge in [-0.1, -0.05) is 0 Å². The molecule has 0 bridgehead atoms. The largest absolute Gasteiger partial charge is 0.399 e. The van der Waals surface area contributed by atoms with Crippen LogP contribution in [0.3, 0.4) is 0 Å². The second-order valence-corrected chi connectivity index (χ2v) is 4.30. The van der Waals surface area contributed by atoms with Gasteiger partial charge in [0.25, 0.3) is 5.91 Å². The van der Waals surface area contributed by atoms with Crippen molar-refractivity contribution in [2.24, 2.45) is 0 Å².